The average Bonchev–Trinajstić information content (AvgIpc) is 2.77. The van der Waals surface area contributed by atoms with Gasteiger partial charge in [-0.15, -0.1) is 0 Å². The molecule has 1 aliphatic heterocycles. The minimum atomic E-state index is -4.85. The van der Waals surface area contributed by atoms with Gasteiger partial charge in [-0.25, -0.2) is 19.3 Å². The molecule has 0 aromatic carbocycles. The number of hydrogen-bond acceptors (Lipinski definition) is 7. The van der Waals surface area contributed by atoms with E-state index in [0.29, 0.717) is 13.1 Å². The molecule has 0 radical (unpaired) electrons. The summed E-state index contributed by atoms with van der Waals surface area (Å²) < 4.78 is 61.8. The van der Waals surface area contributed by atoms with Gasteiger partial charge in [0.2, 0.25) is 0 Å². The van der Waals surface area contributed by atoms with Crippen LogP contribution in [0.2, 0.25) is 0 Å². The van der Waals surface area contributed by atoms with Gasteiger partial charge >= 0.3 is 6.18 Å². The van der Waals surface area contributed by atoms with Gasteiger partial charge in [0.15, 0.2) is 23.0 Å². The van der Waals surface area contributed by atoms with E-state index in [1.165, 1.54) is 18.7 Å². The summed E-state index contributed by atoms with van der Waals surface area (Å²) in [5.41, 5.74) is -2.63. The lowest BCUT2D eigenvalue weighted by molar-refractivity contribution is -0.141. The first kappa shape index (κ1) is 25.5. The zero-order chi connectivity index (χ0) is 26.4. The summed E-state index contributed by atoms with van der Waals surface area (Å²) >= 11 is 0. The van der Waals surface area contributed by atoms with Crippen LogP contribution in [0.4, 0.5) is 23.4 Å². The molecular formula is C23H24F4N6O3. The summed E-state index contributed by atoms with van der Waals surface area (Å²) in [4.78, 5) is 40.4. The lowest BCUT2D eigenvalue weighted by atomic mass is 10.0. The summed E-state index contributed by atoms with van der Waals surface area (Å²) in [6, 6.07) is 0.865. The van der Waals surface area contributed by atoms with Crippen LogP contribution in [0, 0.1) is 12.7 Å². The maximum Gasteiger partial charge on any atom is 0.433 e. The van der Waals surface area contributed by atoms with Crippen LogP contribution in [-0.4, -0.2) is 56.0 Å². The number of aryl methyl sites for hydroxylation is 1. The van der Waals surface area contributed by atoms with Crippen LogP contribution in [-0.2, 0) is 10.9 Å². The van der Waals surface area contributed by atoms with E-state index < -0.39 is 35.2 Å². The molecule has 192 valence electrons. The largest absolute Gasteiger partial charge is 0.433 e. The number of anilines is 1. The van der Waals surface area contributed by atoms with E-state index in [0.717, 1.165) is 18.3 Å². The number of pyridine rings is 2. The van der Waals surface area contributed by atoms with E-state index in [1.54, 1.807) is 0 Å². The fraction of sp³-hybridized carbons (Fsp3) is 0.435. The number of carbonyl (C=O) groups is 1. The number of ether oxygens (including phenoxy) is 1. The topological polar surface area (TPSA) is 113 Å². The quantitative estimate of drug-likeness (QED) is 0.518. The number of carbonyl (C=O) groups excluding carboxylic acids is 1. The van der Waals surface area contributed by atoms with Crippen molar-refractivity contribution in [3.63, 3.8) is 0 Å². The number of morpholine rings is 1. The number of hydrogen-bond donors (Lipinski definition) is 2. The number of amides is 1. The van der Waals surface area contributed by atoms with Gasteiger partial charge in [0.05, 0.1) is 29.2 Å². The molecular weight excluding hydrogens is 484 g/mol. The highest BCUT2D eigenvalue weighted by atomic mass is 19.4. The van der Waals surface area contributed by atoms with Gasteiger partial charge in [0, 0.05) is 24.8 Å². The average molecular weight is 508 g/mol. The number of alkyl halides is 3. The van der Waals surface area contributed by atoms with Gasteiger partial charge in [-0.3, -0.25) is 9.59 Å². The Kier molecular flexibility index (Phi) is 6.69. The summed E-state index contributed by atoms with van der Waals surface area (Å²) in [5.74, 6) is -1.58. The Hall–Kier alpha value is -3.61. The van der Waals surface area contributed by atoms with E-state index in [-0.39, 0.29) is 46.0 Å². The maximum absolute atomic E-state index is 14.9. The van der Waals surface area contributed by atoms with Crippen LogP contribution >= 0.6 is 0 Å². The molecule has 1 fully saturated rings. The molecule has 3 aromatic rings. The SMILES string of the molecule is Cc1nc2nc(C(F)(F)F)c([C@@H](C)Nc3ncc(C(=O)N4C[C@@H](C)O[C@@H](C)C4)cc3F)cc2c(=O)[nH]1. The second-order valence-electron chi connectivity index (χ2n) is 8.83. The van der Waals surface area contributed by atoms with Crippen molar-refractivity contribution >= 4 is 22.8 Å². The van der Waals surface area contributed by atoms with Crippen LogP contribution in [0.25, 0.3) is 11.0 Å². The van der Waals surface area contributed by atoms with Crippen molar-refractivity contribution in [1.29, 1.82) is 0 Å². The van der Waals surface area contributed by atoms with E-state index in [2.05, 4.69) is 25.3 Å². The van der Waals surface area contributed by atoms with Crippen molar-refractivity contribution in [1.82, 2.24) is 24.8 Å². The van der Waals surface area contributed by atoms with E-state index in [9.17, 15) is 27.2 Å². The third kappa shape index (κ3) is 5.15. The highest BCUT2D eigenvalue weighted by molar-refractivity contribution is 5.94. The summed E-state index contributed by atoms with van der Waals surface area (Å²) in [7, 11) is 0. The Morgan fingerprint density at radius 3 is 2.50 bits per heavy atom. The normalized spacial score (nSPS) is 19.4. The van der Waals surface area contributed by atoms with Gasteiger partial charge in [0.1, 0.15) is 5.82 Å². The van der Waals surface area contributed by atoms with Gasteiger partial charge in [0.25, 0.3) is 11.5 Å². The van der Waals surface area contributed by atoms with Gasteiger partial charge in [-0.2, -0.15) is 13.2 Å². The smallest absolute Gasteiger partial charge is 0.372 e. The molecule has 36 heavy (non-hydrogen) atoms. The van der Waals surface area contributed by atoms with Gasteiger partial charge in [-0.05, 0) is 39.8 Å². The molecule has 1 saturated heterocycles. The number of fused-ring (bicyclic) bond motifs is 1. The lowest BCUT2D eigenvalue weighted by Crippen LogP contribution is -2.48. The van der Waals surface area contributed by atoms with Crippen molar-refractivity contribution < 1.29 is 27.1 Å². The molecule has 0 spiro atoms. The van der Waals surface area contributed by atoms with E-state index in [4.69, 9.17) is 4.74 Å². The number of halogens is 4. The second kappa shape index (κ2) is 9.45. The molecule has 1 aliphatic rings. The molecule has 4 rings (SSSR count). The molecule has 4 heterocycles. The molecule has 13 heteroatoms. The van der Waals surface area contributed by atoms with Crippen LogP contribution < -0.4 is 10.9 Å². The van der Waals surface area contributed by atoms with Crippen molar-refractivity contribution in [3.8, 4) is 0 Å². The third-order valence-corrected chi connectivity index (χ3v) is 5.73. The minimum Gasteiger partial charge on any atom is -0.372 e. The van der Waals surface area contributed by atoms with Crippen molar-refractivity contribution in [2.75, 3.05) is 18.4 Å². The Bertz CT molecular complexity index is 1370. The monoisotopic (exact) mass is 508 g/mol. The van der Waals surface area contributed by atoms with Crippen LogP contribution in [0.15, 0.2) is 23.1 Å². The minimum absolute atomic E-state index is 0.00309. The number of aromatic amines is 1. The van der Waals surface area contributed by atoms with Crippen LogP contribution in [0.1, 0.15) is 54.3 Å². The molecule has 0 saturated carbocycles. The van der Waals surface area contributed by atoms with Gasteiger partial charge < -0.3 is 19.9 Å². The molecule has 2 N–H and O–H groups in total. The Labute approximate surface area is 202 Å². The third-order valence-electron chi connectivity index (χ3n) is 5.73. The predicted octanol–water partition coefficient (Wildman–Crippen LogP) is 3.60. The highest BCUT2D eigenvalue weighted by Gasteiger charge is 2.38. The molecule has 3 atom stereocenters. The van der Waals surface area contributed by atoms with Crippen molar-refractivity contribution in [2.45, 2.75) is 52.1 Å². The van der Waals surface area contributed by atoms with Crippen molar-refractivity contribution in [3.05, 3.63) is 57.1 Å². The lowest BCUT2D eigenvalue weighted by Gasteiger charge is -2.35. The zero-order valence-electron chi connectivity index (χ0n) is 19.9. The Morgan fingerprint density at radius 1 is 1.22 bits per heavy atom. The Balaban J connectivity index is 1.63. The molecule has 9 nitrogen and oxygen atoms in total. The second-order valence-corrected chi connectivity index (χ2v) is 8.83. The first-order valence-electron chi connectivity index (χ1n) is 11.2. The maximum atomic E-state index is 14.9. The molecule has 0 aliphatic carbocycles. The highest BCUT2D eigenvalue weighted by Crippen LogP contribution is 2.35. The molecule has 1 amide bonds. The number of rotatable bonds is 4. The standard InChI is InChI=1S/C23H24F4N6O3/c1-10-8-33(9-11(2)36-10)22(35)14-5-17(24)20(28-7-14)29-12(3)15-6-16-19(30-13(4)31-21(16)34)32-18(15)23(25,26)27/h5-7,10-12H,8-9H2,1-4H3,(H,28,29)(H,30,31,32,34)/t10-,11+,12-/m1/s1. The summed E-state index contributed by atoms with van der Waals surface area (Å²) in [6.07, 6.45) is -4.05. The van der Waals surface area contributed by atoms with Crippen molar-refractivity contribution in [2.24, 2.45) is 0 Å². The van der Waals surface area contributed by atoms with Crippen LogP contribution in [0.5, 0.6) is 0 Å². The molecule has 0 unspecified atom stereocenters. The van der Waals surface area contributed by atoms with E-state index in [1.807, 2.05) is 13.8 Å². The zero-order valence-corrected chi connectivity index (χ0v) is 19.9. The van der Waals surface area contributed by atoms with Gasteiger partial charge in [-0.1, -0.05) is 0 Å². The molecule has 0 bridgehead atoms. The number of nitrogens with zero attached hydrogens (tertiary/aromatic N) is 4. The summed E-state index contributed by atoms with van der Waals surface area (Å²) in [6.45, 7) is 7.10. The first-order valence-corrected chi connectivity index (χ1v) is 11.2. The fourth-order valence-electron chi connectivity index (χ4n) is 4.22. The van der Waals surface area contributed by atoms with E-state index >= 15 is 0 Å². The van der Waals surface area contributed by atoms with Crippen LogP contribution in [0.3, 0.4) is 0 Å². The predicted molar refractivity (Wildman–Crippen MR) is 122 cm³/mol. The fourth-order valence-corrected chi connectivity index (χ4v) is 4.22. The number of aromatic nitrogens is 4. The first-order chi connectivity index (χ1) is 16.8. The number of H-pyrrole nitrogens is 1. The Morgan fingerprint density at radius 2 is 1.89 bits per heavy atom. The molecule has 3 aromatic heterocycles. The number of nitrogens with one attached hydrogen (secondary N) is 2. The summed E-state index contributed by atoms with van der Waals surface area (Å²) in [5, 5.41) is 2.45.